The lowest BCUT2D eigenvalue weighted by Gasteiger charge is -2.30. The Morgan fingerprint density at radius 1 is 1.33 bits per heavy atom. The molecule has 100 valence electrons. The Morgan fingerprint density at radius 2 is 2.17 bits per heavy atom. The SMILES string of the molecule is CCNC1CCCC(Cc2ccc(C)cc2Cl)C1. The first-order valence-corrected chi connectivity index (χ1v) is 7.55. The van der Waals surface area contributed by atoms with Gasteiger partial charge in [0.25, 0.3) is 0 Å². The molecular weight excluding hydrogens is 242 g/mol. The van der Waals surface area contributed by atoms with Crippen molar-refractivity contribution >= 4 is 11.6 Å². The Labute approximate surface area is 116 Å². The van der Waals surface area contributed by atoms with Crippen LogP contribution in [-0.4, -0.2) is 12.6 Å². The van der Waals surface area contributed by atoms with E-state index in [-0.39, 0.29) is 0 Å². The monoisotopic (exact) mass is 265 g/mol. The lowest BCUT2D eigenvalue weighted by atomic mass is 9.82. The summed E-state index contributed by atoms with van der Waals surface area (Å²) in [4.78, 5) is 0. The van der Waals surface area contributed by atoms with Gasteiger partial charge < -0.3 is 5.32 Å². The van der Waals surface area contributed by atoms with Crippen LogP contribution in [0.15, 0.2) is 18.2 Å². The Balaban J connectivity index is 1.96. The molecule has 0 heterocycles. The highest BCUT2D eigenvalue weighted by Crippen LogP contribution is 2.30. The summed E-state index contributed by atoms with van der Waals surface area (Å²) in [5.74, 6) is 0.794. The van der Waals surface area contributed by atoms with Gasteiger partial charge >= 0.3 is 0 Å². The first kappa shape index (κ1) is 13.9. The van der Waals surface area contributed by atoms with Crippen molar-refractivity contribution in [1.29, 1.82) is 0 Å². The lowest BCUT2D eigenvalue weighted by Crippen LogP contribution is -2.34. The molecule has 0 spiro atoms. The highest BCUT2D eigenvalue weighted by molar-refractivity contribution is 6.31. The van der Waals surface area contributed by atoms with Gasteiger partial charge in [0.1, 0.15) is 0 Å². The Bertz CT molecular complexity index is 387. The van der Waals surface area contributed by atoms with Gasteiger partial charge in [0.05, 0.1) is 0 Å². The van der Waals surface area contributed by atoms with Crippen LogP contribution in [0.25, 0.3) is 0 Å². The highest BCUT2D eigenvalue weighted by atomic mass is 35.5. The molecule has 1 aromatic rings. The summed E-state index contributed by atoms with van der Waals surface area (Å²) in [6, 6.07) is 7.18. The molecule has 1 aliphatic carbocycles. The van der Waals surface area contributed by atoms with E-state index in [0.717, 1.165) is 29.9 Å². The fraction of sp³-hybridized carbons (Fsp3) is 0.625. The molecular formula is C16H24ClN. The van der Waals surface area contributed by atoms with E-state index >= 15 is 0 Å². The van der Waals surface area contributed by atoms with E-state index in [1.807, 2.05) is 0 Å². The average molecular weight is 266 g/mol. The Morgan fingerprint density at radius 3 is 2.89 bits per heavy atom. The second-order valence-corrected chi connectivity index (χ2v) is 5.99. The van der Waals surface area contributed by atoms with Crippen LogP contribution in [0.5, 0.6) is 0 Å². The molecule has 1 saturated carbocycles. The topological polar surface area (TPSA) is 12.0 Å². The van der Waals surface area contributed by atoms with E-state index in [4.69, 9.17) is 11.6 Å². The molecule has 1 aliphatic rings. The molecule has 2 atom stereocenters. The molecule has 2 rings (SSSR count). The molecule has 0 radical (unpaired) electrons. The van der Waals surface area contributed by atoms with Crippen molar-refractivity contribution in [2.75, 3.05) is 6.54 Å². The maximum absolute atomic E-state index is 6.33. The Kier molecular flexibility index (Phi) is 5.08. The fourth-order valence-electron chi connectivity index (χ4n) is 3.08. The summed E-state index contributed by atoms with van der Waals surface area (Å²) in [5, 5.41) is 4.54. The molecule has 2 unspecified atom stereocenters. The van der Waals surface area contributed by atoms with Gasteiger partial charge in [0, 0.05) is 11.1 Å². The summed E-state index contributed by atoms with van der Waals surface area (Å²) in [5.41, 5.74) is 2.57. The van der Waals surface area contributed by atoms with Crippen LogP contribution < -0.4 is 5.32 Å². The first-order chi connectivity index (χ1) is 8.69. The van der Waals surface area contributed by atoms with Crippen molar-refractivity contribution in [2.24, 2.45) is 5.92 Å². The fourth-order valence-corrected chi connectivity index (χ4v) is 3.39. The minimum Gasteiger partial charge on any atom is -0.314 e. The van der Waals surface area contributed by atoms with E-state index in [1.54, 1.807) is 0 Å². The summed E-state index contributed by atoms with van der Waals surface area (Å²) in [6.45, 7) is 5.38. The van der Waals surface area contributed by atoms with Crippen LogP contribution in [0.2, 0.25) is 5.02 Å². The van der Waals surface area contributed by atoms with Gasteiger partial charge in [-0.1, -0.05) is 43.5 Å². The number of rotatable bonds is 4. The van der Waals surface area contributed by atoms with Crippen LogP contribution in [-0.2, 0) is 6.42 Å². The van der Waals surface area contributed by atoms with Crippen molar-refractivity contribution < 1.29 is 0 Å². The second kappa shape index (κ2) is 6.58. The number of hydrogen-bond acceptors (Lipinski definition) is 1. The molecule has 1 nitrogen and oxygen atoms in total. The maximum atomic E-state index is 6.33. The van der Waals surface area contributed by atoms with Crippen LogP contribution in [0.4, 0.5) is 0 Å². The van der Waals surface area contributed by atoms with Gasteiger partial charge in [0.2, 0.25) is 0 Å². The van der Waals surface area contributed by atoms with E-state index in [9.17, 15) is 0 Å². The van der Waals surface area contributed by atoms with Crippen molar-refractivity contribution in [3.05, 3.63) is 34.3 Å². The van der Waals surface area contributed by atoms with Gasteiger partial charge in [0.15, 0.2) is 0 Å². The highest BCUT2D eigenvalue weighted by Gasteiger charge is 2.21. The third-order valence-corrected chi connectivity index (χ3v) is 4.34. The van der Waals surface area contributed by atoms with Gasteiger partial charge in [-0.25, -0.2) is 0 Å². The van der Waals surface area contributed by atoms with E-state index < -0.39 is 0 Å². The minimum absolute atomic E-state index is 0.720. The average Bonchev–Trinajstić information content (AvgIpc) is 2.34. The van der Waals surface area contributed by atoms with Crippen molar-refractivity contribution in [3.8, 4) is 0 Å². The molecule has 0 saturated heterocycles. The third-order valence-electron chi connectivity index (χ3n) is 3.99. The largest absolute Gasteiger partial charge is 0.314 e. The maximum Gasteiger partial charge on any atom is 0.0440 e. The molecule has 18 heavy (non-hydrogen) atoms. The van der Waals surface area contributed by atoms with Crippen LogP contribution >= 0.6 is 11.6 Å². The van der Waals surface area contributed by atoms with Gasteiger partial charge in [-0.05, 0) is 55.8 Å². The van der Waals surface area contributed by atoms with Gasteiger partial charge in [-0.2, -0.15) is 0 Å². The number of hydrogen-bond donors (Lipinski definition) is 1. The number of benzene rings is 1. The summed E-state index contributed by atoms with van der Waals surface area (Å²) >= 11 is 6.33. The van der Waals surface area contributed by atoms with Crippen LogP contribution in [0, 0.1) is 12.8 Å². The lowest BCUT2D eigenvalue weighted by molar-refractivity contribution is 0.287. The molecule has 1 N–H and O–H groups in total. The van der Waals surface area contributed by atoms with Crippen molar-refractivity contribution in [3.63, 3.8) is 0 Å². The molecule has 0 aromatic heterocycles. The number of nitrogens with one attached hydrogen (secondary N) is 1. The smallest absolute Gasteiger partial charge is 0.0440 e. The second-order valence-electron chi connectivity index (χ2n) is 5.59. The van der Waals surface area contributed by atoms with E-state index in [0.29, 0.717) is 0 Å². The third kappa shape index (κ3) is 3.73. The molecule has 0 aliphatic heterocycles. The summed E-state index contributed by atoms with van der Waals surface area (Å²) < 4.78 is 0. The molecule has 0 bridgehead atoms. The molecule has 2 heteroatoms. The normalized spacial score (nSPS) is 24.2. The molecule has 1 aromatic carbocycles. The summed E-state index contributed by atoms with van der Waals surface area (Å²) in [7, 11) is 0. The zero-order valence-corrected chi connectivity index (χ0v) is 12.3. The van der Waals surface area contributed by atoms with E-state index in [1.165, 1.54) is 36.8 Å². The predicted octanol–water partition coefficient (Wildman–Crippen LogP) is 4.36. The first-order valence-electron chi connectivity index (χ1n) is 7.17. The molecule has 1 fully saturated rings. The van der Waals surface area contributed by atoms with E-state index in [2.05, 4.69) is 37.4 Å². The number of aryl methyl sites for hydroxylation is 1. The minimum atomic E-state index is 0.720. The van der Waals surface area contributed by atoms with Crippen LogP contribution in [0.1, 0.15) is 43.7 Å². The predicted molar refractivity (Wildman–Crippen MR) is 79.3 cm³/mol. The zero-order valence-electron chi connectivity index (χ0n) is 11.5. The standard InChI is InChI=1S/C16H24ClN/c1-3-18-15-6-4-5-13(11-15)10-14-8-7-12(2)9-16(14)17/h7-9,13,15,18H,3-6,10-11H2,1-2H3. The van der Waals surface area contributed by atoms with Crippen molar-refractivity contribution in [1.82, 2.24) is 5.32 Å². The van der Waals surface area contributed by atoms with Gasteiger partial charge in [-0.15, -0.1) is 0 Å². The number of halogens is 1. The van der Waals surface area contributed by atoms with Gasteiger partial charge in [-0.3, -0.25) is 0 Å². The van der Waals surface area contributed by atoms with Crippen molar-refractivity contribution in [2.45, 2.75) is 52.0 Å². The Hall–Kier alpha value is -0.530. The quantitative estimate of drug-likeness (QED) is 0.853. The van der Waals surface area contributed by atoms with Crippen LogP contribution in [0.3, 0.4) is 0 Å². The summed E-state index contributed by atoms with van der Waals surface area (Å²) in [6.07, 6.45) is 6.49. The molecule has 0 amide bonds. The zero-order chi connectivity index (χ0) is 13.0.